The Kier molecular flexibility index (Phi) is 5.41. The normalized spacial score (nSPS) is 10.8. The highest BCUT2D eigenvalue weighted by molar-refractivity contribution is 7.89. The van der Waals surface area contributed by atoms with Crippen LogP contribution in [-0.2, 0) is 16.4 Å². The van der Waals surface area contributed by atoms with E-state index in [1.807, 2.05) is 0 Å². The van der Waals surface area contributed by atoms with Crippen molar-refractivity contribution < 1.29 is 8.42 Å². The number of nitrogens with zero attached hydrogens (tertiary/aromatic N) is 4. The van der Waals surface area contributed by atoms with Gasteiger partial charge in [0, 0.05) is 30.4 Å². The first-order valence-corrected chi connectivity index (χ1v) is 6.66. The lowest BCUT2D eigenvalue weighted by atomic mass is 10.2. The summed E-state index contributed by atoms with van der Waals surface area (Å²) in [5.74, 6) is 0.00722. The van der Waals surface area contributed by atoms with Gasteiger partial charge in [-0.25, -0.2) is 13.1 Å². The predicted octanol–water partition coefficient (Wildman–Crippen LogP) is 0.854. The minimum absolute atomic E-state index is 0.00722. The van der Waals surface area contributed by atoms with Gasteiger partial charge in [0.05, 0.1) is 5.75 Å². The highest BCUT2D eigenvalue weighted by atomic mass is 32.2. The van der Waals surface area contributed by atoms with Gasteiger partial charge in [0.25, 0.3) is 0 Å². The topological polar surface area (TPSA) is 108 Å². The fraction of sp³-hybridized carbons (Fsp3) is 0.444. The molecule has 7 nitrogen and oxygen atoms in total. The predicted molar refractivity (Wildman–Crippen MR) is 63.7 cm³/mol. The third-order valence-corrected chi connectivity index (χ3v) is 3.39. The van der Waals surface area contributed by atoms with Crippen LogP contribution in [0.25, 0.3) is 10.4 Å². The average Bonchev–Trinajstić information content (AvgIpc) is 2.34. The van der Waals surface area contributed by atoms with Crippen LogP contribution in [0, 0.1) is 0 Å². The maximum atomic E-state index is 11.5. The highest BCUT2D eigenvalue weighted by Crippen LogP contribution is 1.99. The summed E-state index contributed by atoms with van der Waals surface area (Å²) in [4.78, 5) is 6.38. The van der Waals surface area contributed by atoms with Crippen LogP contribution in [-0.4, -0.2) is 32.2 Å². The molecule has 0 aliphatic rings. The summed E-state index contributed by atoms with van der Waals surface area (Å²) in [5, 5.41) is 3.24. The van der Waals surface area contributed by atoms with Crippen LogP contribution in [0.3, 0.4) is 0 Å². The van der Waals surface area contributed by atoms with E-state index in [-0.39, 0.29) is 18.8 Å². The van der Waals surface area contributed by atoms with Crippen LogP contribution < -0.4 is 4.72 Å². The summed E-state index contributed by atoms with van der Waals surface area (Å²) < 4.78 is 25.4. The van der Waals surface area contributed by atoms with Gasteiger partial charge in [0.2, 0.25) is 10.0 Å². The number of pyridine rings is 1. The fourth-order valence-electron chi connectivity index (χ4n) is 1.17. The van der Waals surface area contributed by atoms with E-state index in [2.05, 4.69) is 19.7 Å². The Morgan fingerprint density at radius 1 is 1.41 bits per heavy atom. The SMILES string of the molecule is [N-]=[N+]=NCCNS(=O)(=O)CCc1ccncc1. The Balaban J connectivity index is 2.37. The Labute approximate surface area is 99.6 Å². The van der Waals surface area contributed by atoms with Crippen LogP contribution in [0.4, 0.5) is 0 Å². The van der Waals surface area contributed by atoms with Crippen LogP contribution in [0.2, 0.25) is 0 Å². The molecule has 17 heavy (non-hydrogen) atoms. The molecule has 1 aromatic heterocycles. The molecule has 0 atom stereocenters. The van der Waals surface area contributed by atoms with Gasteiger partial charge in [-0.15, -0.1) is 0 Å². The molecule has 0 bridgehead atoms. The quantitative estimate of drug-likeness (QED) is 0.337. The molecule has 1 heterocycles. The molecule has 0 spiro atoms. The average molecular weight is 255 g/mol. The molecule has 0 saturated carbocycles. The third-order valence-electron chi connectivity index (χ3n) is 2.01. The molecular weight excluding hydrogens is 242 g/mol. The van der Waals surface area contributed by atoms with Crippen molar-refractivity contribution in [2.75, 3.05) is 18.8 Å². The summed E-state index contributed by atoms with van der Waals surface area (Å²) in [6.07, 6.45) is 3.67. The third kappa shape index (κ3) is 5.86. The molecule has 0 unspecified atom stereocenters. The maximum absolute atomic E-state index is 11.5. The van der Waals surface area contributed by atoms with Crippen molar-refractivity contribution in [3.63, 3.8) is 0 Å². The van der Waals surface area contributed by atoms with Crippen LogP contribution in [0.5, 0.6) is 0 Å². The van der Waals surface area contributed by atoms with Crippen molar-refractivity contribution in [3.05, 3.63) is 40.5 Å². The first-order valence-electron chi connectivity index (χ1n) is 5.01. The van der Waals surface area contributed by atoms with Gasteiger partial charge in [-0.05, 0) is 29.6 Å². The van der Waals surface area contributed by atoms with Crippen molar-refractivity contribution in [2.24, 2.45) is 5.11 Å². The summed E-state index contributed by atoms with van der Waals surface area (Å²) in [5.41, 5.74) is 8.94. The second-order valence-corrected chi connectivity index (χ2v) is 5.20. The first-order chi connectivity index (χ1) is 8.14. The summed E-state index contributed by atoms with van der Waals surface area (Å²) >= 11 is 0. The second-order valence-electron chi connectivity index (χ2n) is 3.27. The van der Waals surface area contributed by atoms with Gasteiger partial charge < -0.3 is 0 Å². The molecule has 1 aromatic rings. The summed E-state index contributed by atoms with van der Waals surface area (Å²) in [6, 6.07) is 3.55. The number of azide groups is 1. The minimum Gasteiger partial charge on any atom is -0.265 e. The number of hydrogen-bond donors (Lipinski definition) is 1. The second kappa shape index (κ2) is 6.85. The summed E-state index contributed by atoms with van der Waals surface area (Å²) in [7, 11) is -3.31. The van der Waals surface area contributed by atoms with Crippen molar-refractivity contribution in [1.82, 2.24) is 9.71 Å². The molecule has 8 heteroatoms. The van der Waals surface area contributed by atoms with Gasteiger partial charge >= 0.3 is 0 Å². The van der Waals surface area contributed by atoms with E-state index in [0.29, 0.717) is 6.42 Å². The molecule has 0 aliphatic carbocycles. The molecule has 1 rings (SSSR count). The van der Waals surface area contributed by atoms with Crippen LogP contribution in [0.15, 0.2) is 29.6 Å². The van der Waals surface area contributed by atoms with Crippen molar-refractivity contribution >= 4 is 10.0 Å². The van der Waals surface area contributed by atoms with E-state index in [0.717, 1.165) is 5.56 Å². The Morgan fingerprint density at radius 2 is 2.12 bits per heavy atom. The number of aryl methyl sites for hydroxylation is 1. The molecule has 0 aliphatic heterocycles. The molecule has 0 radical (unpaired) electrons. The largest absolute Gasteiger partial charge is 0.265 e. The van der Waals surface area contributed by atoms with Gasteiger partial charge in [-0.3, -0.25) is 4.98 Å². The van der Waals surface area contributed by atoms with Crippen molar-refractivity contribution in [3.8, 4) is 0 Å². The lowest BCUT2D eigenvalue weighted by Gasteiger charge is -2.04. The monoisotopic (exact) mass is 255 g/mol. The zero-order valence-corrected chi connectivity index (χ0v) is 9.97. The lowest BCUT2D eigenvalue weighted by Crippen LogP contribution is -2.29. The van der Waals surface area contributed by atoms with E-state index in [1.54, 1.807) is 24.5 Å². The number of nitrogens with one attached hydrogen (secondary N) is 1. The van der Waals surface area contributed by atoms with Gasteiger partial charge in [0.1, 0.15) is 0 Å². The standard InChI is InChI=1S/C9H13N5O2S/c10-14-12-6-7-13-17(15,16)8-3-9-1-4-11-5-2-9/h1-2,4-5,13H,3,6-8H2. The van der Waals surface area contributed by atoms with Crippen molar-refractivity contribution in [2.45, 2.75) is 6.42 Å². The van der Waals surface area contributed by atoms with Gasteiger partial charge in [-0.2, -0.15) is 0 Å². The van der Waals surface area contributed by atoms with Crippen LogP contribution >= 0.6 is 0 Å². The van der Waals surface area contributed by atoms with Gasteiger partial charge in [-0.1, -0.05) is 5.11 Å². The van der Waals surface area contributed by atoms with Crippen LogP contribution in [0.1, 0.15) is 5.56 Å². The molecule has 0 aromatic carbocycles. The Bertz CT molecular complexity index is 481. The minimum atomic E-state index is -3.31. The van der Waals surface area contributed by atoms with Gasteiger partial charge in [0.15, 0.2) is 0 Å². The lowest BCUT2D eigenvalue weighted by molar-refractivity contribution is 0.581. The molecule has 0 amide bonds. The Hall–Kier alpha value is -1.63. The smallest absolute Gasteiger partial charge is 0.211 e. The first kappa shape index (κ1) is 13.4. The molecular formula is C9H13N5O2S. The maximum Gasteiger partial charge on any atom is 0.211 e. The van der Waals surface area contributed by atoms with E-state index >= 15 is 0 Å². The zero-order valence-electron chi connectivity index (χ0n) is 9.15. The molecule has 1 N–H and O–H groups in total. The highest BCUT2D eigenvalue weighted by Gasteiger charge is 2.08. The number of aromatic nitrogens is 1. The van der Waals surface area contributed by atoms with Crippen molar-refractivity contribution in [1.29, 1.82) is 0 Å². The number of rotatable bonds is 7. The van der Waals surface area contributed by atoms with E-state index in [4.69, 9.17) is 5.53 Å². The molecule has 0 saturated heterocycles. The number of sulfonamides is 1. The molecule has 0 fully saturated rings. The fourth-order valence-corrected chi connectivity index (χ4v) is 2.22. The Morgan fingerprint density at radius 3 is 2.76 bits per heavy atom. The van der Waals surface area contributed by atoms with E-state index < -0.39 is 10.0 Å². The van der Waals surface area contributed by atoms with E-state index in [1.165, 1.54) is 0 Å². The van der Waals surface area contributed by atoms with E-state index in [9.17, 15) is 8.42 Å². The zero-order chi connectivity index (χ0) is 12.6. The molecule has 92 valence electrons. The number of hydrogen-bond acceptors (Lipinski definition) is 4. The summed E-state index contributed by atoms with van der Waals surface area (Å²) in [6.45, 7) is 0.244.